The van der Waals surface area contributed by atoms with E-state index in [1.807, 2.05) is 6.20 Å². The van der Waals surface area contributed by atoms with Crippen molar-refractivity contribution >= 4 is 0 Å². The maximum atomic E-state index is 4.03. The van der Waals surface area contributed by atoms with Gasteiger partial charge in [-0.2, -0.15) is 0 Å². The highest BCUT2D eigenvalue weighted by Crippen LogP contribution is 2.28. The van der Waals surface area contributed by atoms with Crippen LogP contribution in [0.3, 0.4) is 0 Å². The van der Waals surface area contributed by atoms with E-state index in [0.717, 1.165) is 30.8 Å². The molecule has 0 aromatic carbocycles. The third-order valence-electron chi connectivity index (χ3n) is 3.79. The summed E-state index contributed by atoms with van der Waals surface area (Å²) in [5, 5.41) is 3.68. The highest BCUT2D eigenvalue weighted by molar-refractivity contribution is 4.95. The monoisotopic (exact) mass is 221 g/mol. The number of rotatable bonds is 4. The fraction of sp³-hybridized carbons (Fsp3) is 0.769. The zero-order valence-electron chi connectivity index (χ0n) is 10.4. The Balaban J connectivity index is 1.69. The average molecular weight is 221 g/mol. The van der Waals surface area contributed by atoms with Gasteiger partial charge in [0.25, 0.3) is 0 Å². The van der Waals surface area contributed by atoms with Gasteiger partial charge in [0.1, 0.15) is 0 Å². The molecule has 3 nitrogen and oxygen atoms in total. The third-order valence-corrected chi connectivity index (χ3v) is 3.79. The Labute approximate surface area is 98.1 Å². The van der Waals surface area contributed by atoms with Crippen LogP contribution >= 0.6 is 0 Å². The van der Waals surface area contributed by atoms with Crippen molar-refractivity contribution in [3.63, 3.8) is 0 Å². The van der Waals surface area contributed by atoms with E-state index in [9.17, 15) is 0 Å². The molecule has 2 rings (SSSR count). The molecule has 1 aromatic rings. The second-order valence-electron chi connectivity index (χ2n) is 5.28. The Morgan fingerprint density at radius 1 is 1.44 bits per heavy atom. The Kier molecular flexibility index (Phi) is 3.99. The largest absolute Gasteiger partial charge is 0.348 e. The highest BCUT2D eigenvalue weighted by atomic mass is 14.9. The number of hydrogen-bond acceptors (Lipinski definition) is 2. The van der Waals surface area contributed by atoms with Gasteiger partial charge in [-0.15, -0.1) is 0 Å². The Bertz CT molecular complexity index is 294. The van der Waals surface area contributed by atoms with E-state index < -0.39 is 0 Å². The van der Waals surface area contributed by atoms with E-state index in [4.69, 9.17) is 0 Å². The van der Waals surface area contributed by atoms with Crippen molar-refractivity contribution in [1.82, 2.24) is 15.3 Å². The zero-order valence-corrected chi connectivity index (χ0v) is 10.4. The van der Waals surface area contributed by atoms with Crippen LogP contribution in [0, 0.1) is 11.8 Å². The van der Waals surface area contributed by atoms with Crippen LogP contribution in [0.2, 0.25) is 0 Å². The Hall–Kier alpha value is -0.830. The molecule has 1 saturated carbocycles. The van der Waals surface area contributed by atoms with E-state index in [0.29, 0.717) is 0 Å². The molecule has 16 heavy (non-hydrogen) atoms. The van der Waals surface area contributed by atoms with Gasteiger partial charge < -0.3 is 10.3 Å². The summed E-state index contributed by atoms with van der Waals surface area (Å²) in [6, 6.07) is 0.721. The summed E-state index contributed by atoms with van der Waals surface area (Å²) in [7, 11) is 0. The molecule has 1 fully saturated rings. The molecular formula is C13H23N3. The summed E-state index contributed by atoms with van der Waals surface area (Å²) < 4.78 is 0. The van der Waals surface area contributed by atoms with Crippen molar-refractivity contribution in [2.24, 2.45) is 11.8 Å². The van der Waals surface area contributed by atoms with E-state index in [1.165, 1.54) is 25.0 Å². The first kappa shape index (κ1) is 11.6. The molecule has 1 aliphatic carbocycles. The number of imidazole rings is 1. The molecule has 0 saturated heterocycles. The van der Waals surface area contributed by atoms with Crippen LogP contribution in [0.25, 0.3) is 0 Å². The van der Waals surface area contributed by atoms with E-state index in [2.05, 4.69) is 29.1 Å². The first-order valence-electron chi connectivity index (χ1n) is 6.46. The second-order valence-corrected chi connectivity index (χ2v) is 5.28. The van der Waals surface area contributed by atoms with Crippen molar-refractivity contribution < 1.29 is 0 Å². The van der Waals surface area contributed by atoms with Gasteiger partial charge >= 0.3 is 0 Å². The number of hydrogen-bond donors (Lipinski definition) is 2. The van der Waals surface area contributed by atoms with Gasteiger partial charge in [0, 0.05) is 30.9 Å². The number of nitrogens with one attached hydrogen (secondary N) is 2. The summed E-state index contributed by atoms with van der Waals surface area (Å²) in [5.74, 6) is 1.74. The quantitative estimate of drug-likeness (QED) is 0.819. The fourth-order valence-corrected chi connectivity index (χ4v) is 2.78. The SMILES string of the molecule is CC1CCC(NCCc2cnc[nH]2)C(C)C1. The predicted octanol–water partition coefficient (Wildman–Crippen LogP) is 2.37. The first-order valence-corrected chi connectivity index (χ1v) is 6.46. The molecular weight excluding hydrogens is 198 g/mol. The molecule has 0 spiro atoms. The van der Waals surface area contributed by atoms with Crippen LogP contribution in [0.15, 0.2) is 12.5 Å². The van der Waals surface area contributed by atoms with Gasteiger partial charge in [0.05, 0.1) is 6.33 Å². The lowest BCUT2D eigenvalue weighted by atomic mass is 9.80. The van der Waals surface area contributed by atoms with Crippen molar-refractivity contribution in [1.29, 1.82) is 0 Å². The summed E-state index contributed by atoms with van der Waals surface area (Å²) in [4.78, 5) is 7.17. The van der Waals surface area contributed by atoms with Crippen LogP contribution in [-0.4, -0.2) is 22.6 Å². The summed E-state index contributed by atoms with van der Waals surface area (Å²) in [6.07, 6.45) is 8.81. The van der Waals surface area contributed by atoms with Crippen LogP contribution in [0.5, 0.6) is 0 Å². The lowest BCUT2D eigenvalue weighted by Crippen LogP contribution is -2.39. The van der Waals surface area contributed by atoms with E-state index in [1.54, 1.807) is 6.33 Å². The van der Waals surface area contributed by atoms with E-state index >= 15 is 0 Å². The molecule has 0 aliphatic heterocycles. The number of nitrogens with zero attached hydrogens (tertiary/aromatic N) is 1. The van der Waals surface area contributed by atoms with Gasteiger partial charge in [-0.25, -0.2) is 4.98 Å². The van der Waals surface area contributed by atoms with Gasteiger partial charge in [-0.1, -0.05) is 13.8 Å². The maximum Gasteiger partial charge on any atom is 0.0921 e. The molecule has 3 unspecified atom stereocenters. The lowest BCUT2D eigenvalue weighted by molar-refractivity contribution is 0.229. The predicted molar refractivity (Wildman–Crippen MR) is 66.3 cm³/mol. The van der Waals surface area contributed by atoms with Gasteiger partial charge in [0.2, 0.25) is 0 Å². The maximum absolute atomic E-state index is 4.03. The van der Waals surface area contributed by atoms with Crippen LogP contribution in [-0.2, 0) is 6.42 Å². The minimum Gasteiger partial charge on any atom is -0.348 e. The fourth-order valence-electron chi connectivity index (χ4n) is 2.78. The molecule has 0 bridgehead atoms. The molecule has 3 heteroatoms. The molecule has 2 N–H and O–H groups in total. The number of aromatic amines is 1. The van der Waals surface area contributed by atoms with Crippen molar-refractivity contribution in [2.75, 3.05) is 6.54 Å². The lowest BCUT2D eigenvalue weighted by Gasteiger charge is -2.33. The molecule has 0 radical (unpaired) electrons. The minimum atomic E-state index is 0.721. The molecule has 1 heterocycles. The molecule has 3 atom stereocenters. The number of aromatic nitrogens is 2. The Morgan fingerprint density at radius 2 is 2.31 bits per heavy atom. The summed E-state index contributed by atoms with van der Waals surface area (Å²) >= 11 is 0. The number of H-pyrrole nitrogens is 1. The summed E-state index contributed by atoms with van der Waals surface area (Å²) in [5.41, 5.74) is 1.23. The molecule has 0 amide bonds. The highest BCUT2D eigenvalue weighted by Gasteiger charge is 2.24. The van der Waals surface area contributed by atoms with Crippen molar-refractivity contribution in [2.45, 2.75) is 45.6 Å². The second kappa shape index (κ2) is 5.48. The first-order chi connectivity index (χ1) is 7.75. The van der Waals surface area contributed by atoms with Crippen molar-refractivity contribution in [3.05, 3.63) is 18.2 Å². The normalized spacial score (nSPS) is 30.5. The topological polar surface area (TPSA) is 40.7 Å². The summed E-state index contributed by atoms with van der Waals surface area (Å²) in [6.45, 7) is 5.81. The third kappa shape index (κ3) is 3.08. The van der Waals surface area contributed by atoms with Gasteiger partial charge in [0.15, 0.2) is 0 Å². The van der Waals surface area contributed by atoms with Crippen LogP contribution in [0.1, 0.15) is 38.8 Å². The van der Waals surface area contributed by atoms with Crippen LogP contribution < -0.4 is 5.32 Å². The average Bonchev–Trinajstić information content (AvgIpc) is 2.74. The van der Waals surface area contributed by atoms with Crippen molar-refractivity contribution in [3.8, 4) is 0 Å². The molecule has 1 aromatic heterocycles. The Morgan fingerprint density at radius 3 is 3.00 bits per heavy atom. The minimum absolute atomic E-state index is 0.721. The standard InChI is InChI=1S/C13H23N3/c1-10-3-4-13(11(2)7-10)15-6-5-12-8-14-9-16-12/h8-11,13,15H,3-7H2,1-2H3,(H,14,16). The smallest absolute Gasteiger partial charge is 0.0921 e. The molecule has 1 aliphatic rings. The zero-order chi connectivity index (χ0) is 11.4. The van der Waals surface area contributed by atoms with E-state index in [-0.39, 0.29) is 0 Å². The van der Waals surface area contributed by atoms with Gasteiger partial charge in [-0.05, 0) is 31.1 Å². The van der Waals surface area contributed by atoms with Crippen LogP contribution in [0.4, 0.5) is 0 Å². The van der Waals surface area contributed by atoms with Gasteiger partial charge in [-0.3, -0.25) is 0 Å². The molecule has 90 valence electrons.